The number of piperidine rings is 1. The molecule has 1 aromatic carbocycles. The molecule has 0 aromatic heterocycles. The number of para-hydroxylation sites is 1. The van der Waals surface area contributed by atoms with Crippen LogP contribution in [0.25, 0.3) is 0 Å². The number of nitrogens with zero attached hydrogens (tertiary/aromatic N) is 1. The van der Waals surface area contributed by atoms with E-state index in [-0.39, 0.29) is 5.54 Å². The van der Waals surface area contributed by atoms with Crippen LogP contribution in [-0.2, 0) is 0 Å². The van der Waals surface area contributed by atoms with Crippen molar-refractivity contribution in [2.75, 3.05) is 26.7 Å². The molecule has 0 bridgehead atoms. The number of hydrogen-bond donors (Lipinski definition) is 1. The van der Waals surface area contributed by atoms with E-state index in [0.29, 0.717) is 11.6 Å². The molecule has 1 aliphatic rings. The number of benzene rings is 1. The zero-order valence-corrected chi connectivity index (χ0v) is 11.6. The van der Waals surface area contributed by atoms with Gasteiger partial charge in [-0.2, -0.15) is 0 Å². The van der Waals surface area contributed by atoms with E-state index in [1.165, 1.54) is 0 Å². The average Bonchev–Trinajstić information content (AvgIpc) is 2.36. The van der Waals surface area contributed by atoms with Crippen LogP contribution in [0.2, 0.25) is 5.02 Å². The molecule has 0 atom stereocenters. The average molecular weight is 269 g/mol. The van der Waals surface area contributed by atoms with Gasteiger partial charge in [-0.3, -0.25) is 0 Å². The van der Waals surface area contributed by atoms with Crippen molar-refractivity contribution in [3.05, 3.63) is 29.3 Å². The Bertz CT molecular complexity index is 389. The highest BCUT2D eigenvalue weighted by Gasteiger charge is 2.29. The number of nitrogens with two attached hydrogens (primary N) is 1. The summed E-state index contributed by atoms with van der Waals surface area (Å²) in [7, 11) is 2.14. The summed E-state index contributed by atoms with van der Waals surface area (Å²) in [6.07, 6.45) is 2.96. The van der Waals surface area contributed by atoms with E-state index in [2.05, 4.69) is 11.9 Å². The number of rotatable bonds is 4. The summed E-state index contributed by atoms with van der Waals surface area (Å²) < 4.78 is 5.71. The zero-order valence-electron chi connectivity index (χ0n) is 10.9. The van der Waals surface area contributed by atoms with Gasteiger partial charge in [0.25, 0.3) is 0 Å². The minimum Gasteiger partial charge on any atom is -0.492 e. The molecule has 0 spiro atoms. The maximum absolute atomic E-state index is 6.38. The van der Waals surface area contributed by atoms with Crippen molar-refractivity contribution in [3.8, 4) is 5.75 Å². The summed E-state index contributed by atoms with van der Waals surface area (Å²) in [5.41, 5.74) is 6.31. The third-order valence-corrected chi connectivity index (χ3v) is 3.99. The second-order valence-electron chi connectivity index (χ2n) is 5.19. The normalized spacial score (nSPS) is 19.7. The van der Waals surface area contributed by atoms with Gasteiger partial charge in [-0.25, -0.2) is 0 Å². The fourth-order valence-electron chi connectivity index (χ4n) is 2.24. The summed E-state index contributed by atoms with van der Waals surface area (Å²) in [6, 6.07) is 7.55. The lowest BCUT2D eigenvalue weighted by molar-refractivity contribution is 0.159. The Kier molecular flexibility index (Phi) is 4.49. The molecule has 1 aliphatic heterocycles. The first kappa shape index (κ1) is 13.7. The van der Waals surface area contributed by atoms with Gasteiger partial charge in [0.1, 0.15) is 5.75 Å². The van der Waals surface area contributed by atoms with Gasteiger partial charge in [0.15, 0.2) is 0 Å². The topological polar surface area (TPSA) is 38.5 Å². The van der Waals surface area contributed by atoms with Crippen LogP contribution in [0.5, 0.6) is 5.75 Å². The summed E-state index contributed by atoms with van der Waals surface area (Å²) in [4.78, 5) is 2.32. The largest absolute Gasteiger partial charge is 0.492 e. The molecular formula is C14H21ClN2O. The van der Waals surface area contributed by atoms with Gasteiger partial charge in [0.2, 0.25) is 0 Å². The highest BCUT2D eigenvalue weighted by atomic mass is 35.5. The molecule has 18 heavy (non-hydrogen) atoms. The second kappa shape index (κ2) is 5.91. The van der Waals surface area contributed by atoms with Crippen molar-refractivity contribution < 1.29 is 4.74 Å². The first-order valence-corrected chi connectivity index (χ1v) is 6.82. The zero-order chi connectivity index (χ0) is 13.0. The van der Waals surface area contributed by atoms with Gasteiger partial charge in [0.05, 0.1) is 11.6 Å². The molecule has 3 nitrogen and oxygen atoms in total. The summed E-state index contributed by atoms with van der Waals surface area (Å²) in [6.45, 7) is 2.77. The van der Waals surface area contributed by atoms with E-state index < -0.39 is 0 Å². The molecular weight excluding hydrogens is 248 g/mol. The van der Waals surface area contributed by atoms with Crippen LogP contribution in [0.3, 0.4) is 0 Å². The van der Waals surface area contributed by atoms with Gasteiger partial charge in [0, 0.05) is 5.54 Å². The standard InChI is InChI=1S/C14H21ClN2O/c1-17-9-6-14(16,7-10-17)8-11-18-13-5-3-2-4-12(13)15/h2-5H,6-11,16H2,1H3. The van der Waals surface area contributed by atoms with Crippen molar-refractivity contribution in [1.82, 2.24) is 4.90 Å². The Labute approximate surface area is 114 Å². The van der Waals surface area contributed by atoms with Gasteiger partial charge in [-0.05, 0) is 51.5 Å². The number of likely N-dealkylation sites (tertiary alicyclic amines) is 1. The summed E-state index contributed by atoms with van der Waals surface area (Å²) in [5, 5.41) is 0.659. The molecule has 0 aliphatic carbocycles. The third-order valence-electron chi connectivity index (χ3n) is 3.68. The molecule has 4 heteroatoms. The first-order valence-electron chi connectivity index (χ1n) is 6.44. The van der Waals surface area contributed by atoms with Crippen LogP contribution < -0.4 is 10.5 Å². The quantitative estimate of drug-likeness (QED) is 0.912. The molecule has 100 valence electrons. The molecule has 1 heterocycles. The van der Waals surface area contributed by atoms with E-state index in [1.54, 1.807) is 0 Å². The van der Waals surface area contributed by atoms with E-state index in [9.17, 15) is 0 Å². The first-order chi connectivity index (χ1) is 8.59. The lowest BCUT2D eigenvalue weighted by Crippen LogP contribution is -2.50. The molecule has 2 N–H and O–H groups in total. The van der Waals surface area contributed by atoms with Crippen LogP contribution in [0, 0.1) is 0 Å². The lowest BCUT2D eigenvalue weighted by atomic mass is 9.86. The van der Waals surface area contributed by atoms with E-state index in [1.807, 2.05) is 24.3 Å². The lowest BCUT2D eigenvalue weighted by Gasteiger charge is -2.37. The second-order valence-corrected chi connectivity index (χ2v) is 5.60. The SMILES string of the molecule is CN1CCC(N)(CCOc2ccccc2Cl)CC1. The van der Waals surface area contributed by atoms with Gasteiger partial charge in [-0.1, -0.05) is 23.7 Å². The Morgan fingerprint density at radius 2 is 2.00 bits per heavy atom. The van der Waals surface area contributed by atoms with Crippen molar-refractivity contribution in [2.45, 2.75) is 24.8 Å². The van der Waals surface area contributed by atoms with E-state index >= 15 is 0 Å². The molecule has 1 aromatic rings. The van der Waals surface area contributed by atoms with Crippen molar-refractivity contribution in [1.29, 1.82) is 0 Å². The molecule has 0 radical (unpaired) electrons. The highest BCUT2D eigenvalue weighted by molar-refractivity contribution is 6.32. The van der Waals surface area contributed by atoms with Crippen LogP contribution >= 0.6 is 11.6 Å². The summed E-state index contributed by atoms with van der Waals surface area (Å²) >= 11 is 6.04. The minimum atomic E-state index is -0.0756. The van der Waals surface area contributed by atoms with E-state index in [4.69, 9.17) is 22.1 Å². The molecule has 1 fully saturated rings. The monoisotopic (exact) mass is 268 g/mol. The molecule has 0 amide bonds. The smallest absolute Gasteiger partial charge is 0.137 e. The fraction of sp³-hybridized carbons (Fsp3) is 0.571. The fourth-order valence-corrected chi connectivity index (χ4v) is 2.43. The van der Waals surface area contributed by atoms with Gasteiger partial charge >= 0.3 is 0 Å². The molecule has 1 saturated heterocycles. The summed E-state index contributed by atoms with van der Waals surface area (Å²) in [5.74, 6) is 0.746. The van der Waals surface area contributed by atoms with Crippen molar-refractivity contribution in [2.24, 2.45) is 5.73 Å². The van der Waals surface area contributed by atoms with Crippen molar-refractivity contribution >= 4 is 11.6 Å². The predicted octanol–water partition coefficient (Wildman–Crippen LogP) is 2.53. The molecule has 0 unspecified atom stereocenters. The number of ether oxygens (including phenoxy) is 1. The highest BCUT2D eigenvalue weighted by Crippen LogP contribution is 2.26. The van der Waals surface area contributed by atoms with Gasteiger partial charge in [-0.15, -0.1) is 0 Å². The maximum Gasteiger partial charge on any atom is 0.137 e. The third kappa shape index (κ3) is 3.61. The van der Waals surface area contributed by atoms with Crippen LogP contribution in [0.4, 0.5) is 0 Å². The van der Waals surface area contributed by atoms with Crippen LogP contribution in [0.15, 0.2) is 24.3 Å². The minimum absolute atomic E-state index is 0.0756. The van der Waals surface area contributed by atoms with Crippen LogP contribution in [0.1, 0.15) is 19.3 Å². The van der Waals surface area contributed by atoms with Gasteiger partial charge < -0.3 is 15.4 Å². The molecule has 0 saturated carbocycles. The van der Waals surface area contributed by atoms with Crippen LogP contribution in [-0.4, -0.2) is 37.2 Å². The predicted molar refractivity (Wildman–Crippen MR) is 75.2 cm³/mol. The number of hydrogen-bond acceptors (Lipinski definition) is 3. The Morgan fingerprint density at radius 1 is 1.33 bits per heavy atom. The molecule has 2 rings (SSSR count). The Balaban J connectivity index is 1.80. The Hall–Kier alpha value is -0.770. The maximum atomic E-state index is 6.38. The van der Waals surface area contributed by atoms with Crippen molar-refractivity contribution in [3.63, 3.8) is 0 Å². The number of halogens is 1. The Morgan fingerprint density at radius 3 is 2.67 bits per heavy atom. The van der Waals surface area contributed by atoms with E-state index in [0.717, 1.165) is 38.1 Å².